The molecule has 102 valence electrons. The van der Waals surface area contributed by atoms with Crippen LogP contribution in [0.15, 0.2) is 0 Å². The van der Waals surface area contributed by atoms with Crippen LogP contribution in [0.25, 0.3) is 0 Å². The molecule has 0 aromatic rings. The van der Waals surface area contributed by atoms with Crippen LogP contribution in [0.5, 0.6) is 0 Å². The van der Waals surface area contributed by atoms with Gasteiger partial charge in [-0.2, -0.15) is 0 Å². The molecule has 0 saturated carbocycles. The Morgan fingerprint density at radius 1 is 1.35 bits per heavy atom. The highest BCUT2D eigenvalue weighted by atomic mass is 16.7. The summed E-state index contributed by atoms with van der Waals surface area (Å²) < 4.78 is 21.7. The van der Waals surface area contributed by atoms with Crippen molar-refractivity contribution in [2.75, 3.05) is 27.4 Å². The van der Waals surface area contributed by atoms with E-state index in [1.165, 1.54) is 0 Å². The van der Waals surface area contributed by atoms with Gasteiger partial charge in [-0.3, -0.25) is 0 Å². The van der Waals surface area contributed by atoms with Crippen LogP contribution in [0.1, 0.15) is 26.7 Å². The second-order valence-electron chi connectivity index (χ2n) is 4.52. The molecule has 0 aliphatic carbocycles. The van der Waals surface area contributed by atoms with Gasteiger partial charge in [-0.05, 0) is 13.3 Å². The molecule has 1 rings (SSSR count). The standard InChI is InChI=1S/C12H24O5/c1-5-6-7-16-12(2)10(15-4)9(8-14-3)17-11(12)13/h9-11,13H,5-8H2,1-4H3/t9-,10-,11?,12-/m1/s1. The minimum atomic E-state index is -0.982. The summed E-state index contributed by atoms with van der Waals surface area (Å²) in [6.45, 7) is 4.88. The molecular formula is C12H24O5. The predicted molar refractivity (Wildman–Crippen MR) is 62.8 cm³/mol. The van der Waals surface area contributed by atoms with Gasteiger partial charge in [-0.25, -0.2) is 0 Å². The molecular weight excluding hydrogens is 224 g/mol. The highest BCUT2D eigenvalue weighted by Gasteiger charge is 2.54. The lowest BCUT2D eigenvalue weighted by atomic mass is 9.97. The first-order valence-corrected chi connectivity index (χ1v) is 6.09. The van der Waals surface area contributed by atoms with E-state index in [1.54, 1.807) is 14.2 Å². The summed E-state index contributed by atoms with van der Waals surface area (Å²) in [5, 5.41) is 9.96. The fourth-order valence-corrected chi connectivity index (χ4v) is 2.15. The molecule has 0 aromatic carbocycles. The Morgan fingerprint density at radius 3 is 2.59 bits per heavy atom. The summed E-state index contributed by atoms with van der Waals surface area (Å²) in [7, 11) is 3.19. The lowest BCUT2D eigenvalue weighted by molar-refractivity contribution is -0.195. The smallest absolute Gasteiger partial charge is 0.186 e. The fraction of sp³-hybridized carbons (Fsp3) is 1.00. The largest absolute Gasteiger partial charge is 0.382 e. The minimum Gasteiger partial charge on any atom is -0.382 e. The summed E-state index contributed by atoms with van der Waals surface area (Å²) in [6.07, 6.45) is 0.394. The normalized spacial score (nSPS) is 37.6. The highest BCUT2D eigenvalue weighted by molar-refractivity contribution is 4.99. The molecule has 0 amide bonds. The summed E-state index contributed by atoms with van der Waals surface area (Å²) in [5.41, 5.74) is -0.826. The average molecular weight is 248 g/mol. The SMILES string of the molecule is CCCCO[C@@]1(C)C(O)O[C@H](COC)[C@H]1OC. The van der Waals surface area contributed by atoms with Gasteiger partial charge in [-0.15, -0.1) is 0 Å². The lowest BCUT2D eigenvalue weighted by Gasteiger charge is -2.32. The first kappa shape index (κ1) is 14.9. The molecule has 17 heavy (non-hydrogen) atoms. The lowest BCUT2D eigenvalue weighted by Crippen LogP contribution is -2.49. The Kier molecular flexibility index (Phi) is 5.82. The second-order valence-corrected chi connectivity index (χ2v) is 4.52. The van der Waals surface area contributed by atoms with E-state index in [0.29, 0.717) is 13.2 Å². The maximum atomic E-state index is 9.96. The monoisotopic (exact) mass is 248 g/mol. The second kappa shape index (κ2) is 6.66. The van der Waals surface area contributed by atoms with Crippen molar-refractivity contribution in [3.63, 3.8) is 0 Å². The van der Waals surface area contributed by atoms with Crippen molar-refractivity contribution >= 4 is 0 Å². The number of methoxy groups -OCH3 is 2. The van der Waals surface area contributed by atoms with Gasteiger partial charge in [0.05, 0.1) is 6.61 Å². The molecule has 5 heteroatoms. The molecule has 1 aliphatic rings. The first-order chi connectivity index (χ1) is 8.10. The molecule has 1 fully saturated rings. The zero-order chi connectivity index (χ0) is 12.9. The van der Waals surface area contributed by atoms with Gasteiger partial charge >= 0.3 is 0 Å². The van der Waals surface area contributed by atoms with E-state index < -0.39 is 11.9 Å². The molecule has 0 aromatic heterocycles. The number of hydrogen-bond acceptors (Lipinski definition) is 5. The van der Waals surface area contributed by atoms with Gasteiger partial charge in [0.25, 0.3) is 0 Å². The fourth-order valence-electron chi connectivity index (χ4n) is 2.15. The van der Waals surface area contributed by atoms with Gasteiger partial charge in [0.1, 0.15) is 17.8 Å². The van der Waals surface area contributed by atoms with E-state index in [-0.39, 0.29) is 12.2 Å². The number of unbranched alkanes of at least 4 members (excludes halogenated alkanes) is 1. The van der Waals surface area contributed by atoms with Crippen molar-refractivity contribution in [3.05, 3.63) is 0 Å². The summed E-state index contributed by atoms with van der Waals surface area (Å²) in [4.78, 5) is 0. The van der Waals surface area contributed by atoms with Gasteiger partial charge in [0, 0.05) is 20.8 Å². The Labute approximate surface area is 103 Å². The third-order valence-corrected chi connectivity index (χ3v) is 3.19. The number of rotatable bonds is 7. The molecule has 0 bridgehead atoms. The van der Waals surface area contributed by atoms with Crippen LogP contribution in [0.2, 0.25) is 0 Å². The zero-order valence-electron chi connectivity index (χ0n) is 11.1. The van der Waals surface area contributed by atoms with E-state index in [2.05, 4.69) is 6.92 Å². The zero-order valence-corrected chi connectivity index (χ0v) is 11.1. The summed E-state index contributed by atoms with van der Waals surface area (Å²) >= 11 is 0. The highest BCUT2D eigenvalue weighted by Crippen LogP contribution is 2.35. The summed E-state index contributed by atoms with van der Waals surface area (Å²) in [5.74, 6) is 0. The van der Waals surface area contributed by atoms with E-state index in [4.69, 9.17) is 18.9 Å². The number of aliphatic hydroxyl groups is 1. The molecule has 1 unspecified atom stereocenters. The average Bonchev–Trinajstić information content (AvgIpc) is 2.52. The molecule has 1 N–H and O–H groups in total. The van der Waals surface area contributed by atoms with Gasteiger partial charge in [0.2, 0.25) is 0 Å². The van der Waals surface area contributed by atoms with Crippen molar-refractivity contribution in [2.45, 2.75) is 50.8 Å². The maximum absolute atomic E-state index is 9.96. The third-order valence-electron chi connectivity index (χ3n) is 3.19. The topological polar surface area (TPSA) is 57.2 Å². The Balaban J connectivity index is 2.66. The molecule has 0 radical (unpaired) electrons. The minimum absolute atomic E-state index is 0.299. The Bertz CT molecular complexity index is 223. The van der Waals surface area contributed by atoms with Crippen LogP contribution in [0, 0.1) is 0 Å². The molecule has 5 nitrogen and oxygen atoms in total. The van der Waals surface area contributed by atoms with Crippen molar-refractivity contribution in [3.8, 4) is 0 Å². The van der Waals surface area contributed by atoms with Crippen molar-refractivity contribution in [1.29, 1.82) is 0 Å². The molecule has 1 saturated heterocycles. The van der Waals surface area contributed by atoms with Crippen LogP contribution in [-0.2, 0) is 18.9 Å². The van der Waals surface area contributed by atoms with E-state index >= 15 is 0 Å². The van der Waals surface area contributed by atoms with Crippen LogP contribution >= 0.6 is 0 Å². The summed E-state index contributed by atoms with van der Waals surface area (Å²) in [6, 6.07) is 0. The molecule has 1 heterocycles. The van der Waals surface area contributed by atoms with E-state index in [0.717, 1.165) is 12.8 Å². The molecule has 0 spiro atoms. The van der Waals surface area contributed by atoms with Crippen LogP contribution in [0.3, 0.4) is 0 Å². The van der Waals surface area contributed by atoms with E-state index in [1.807, 2.05) is 6.92 Å². The first-order valence-electron chi connectivity index (χ1n) is 6.09. The predicted octanol–water partition coefficient (Wildman–Crippen LogP) is 0.940. The van der Waals surface area contributed by atoms with Crippen LogP contribution < -0.4 is 0 Å². The van der Waals surface area contributed by atoms with Crippen LogP contribution in [-0.4, -0.2) is 56.6 Å². The Morgan fingerprint density at radius 2 is 2.06 bits per heavy atom. The Hall–Kier alpha value is -0.200. The number of hydrogen-bond donors (Lipinski definition) is 1. The molecule has 4 atom stereocenters. The number of aliphatic hydroxyl groups excluding tert-OH is 1. The van der Waals surface area contributed by atoms with Crippen LogP contribution in [0.4, 0.5) is 0 Å². The van der Waals surface area contributed by atoms with Crippen molar-refractivity contribution in [1.82, 2.24) is 0 Å². The van der Waals surface area contributed by atoms with Gasteiger partial charge in [0.15, 0.2) is 6.29 Å². The third kappa shape index (κ3) is 3.17. The van der Waals surface area contributed by atoms with E-state index in [9.17, 15) is 5.11 Å². The van der Waals surface area contributed by atoms with Crippen molar-refractivity contribution < 1.29 is 24.1 Å². The van der Waals surface area contributed by atoms with Crippen molar-refractivity contribution in [2.24, 2.45) is 0 Å². The quantitative estimate of drug-likeness (QED) is 0.680. The van der Waals surface area contributed by atoms with Gasteiger partial charge in [-0.1, -0.05) is 13.3 Å². The molecule has 1 aliphatic heterocycles. The van der Waals surface area contributed by atoms with Gasteiger partial charge < -0.3 is 24.1 Å². The maximum Gasteiger partial charge on any atom is 0.186 e. The number of ether oxygens (including phenoxy) is 4.